The normalized spacial score (nSPS) is 11.0. The first-order valence-electron chi connectivity index (χ1n) is 18.2. The maximum absolute atomic E-state index is 2.36. The Bertz CT molecular complexity index is 2640. The summed E-state index contributed by atoms with van der Waals surface area (Å²) >= 11 is 0. The van der Waals surface area contributed by atoms with E-state index in [1.165, 1.54) is 66.4 Å². The zero-order valence-corrected chi connectivity index (χ0v) is 29.3. The Morgan fingerprint density at radius 1 is 0.226 bits per heavy atom. The van der Waals surface area contributed by atoms with Gasteiger partial charge in [-0.15, -0.1) is 0 Å². The van der Waals surface area contributed by atoms with Crippen molar-refractivity contribution in [3.63, 3.8) is 0 Å². The predicted octanol–water partition coefficient (Wildman–Crippen LogP) is 14.6. The van der Waals surface area contributed by atoms with E-state index in [1.807, 2.05) is 0 Å². The first-order chi connectivity index (χ1) is 26.3. The van der Waals surface area contributed by atoms with Gasteiger partial charge in [-0.25, -0.2) is 0 Å². The van der Waals surface area contributed by atoms with Crippen molar-refractivity contribution in [3.05, 3.63) is 224 Å². The van der Waals surface area contributed by atoms with Gasteiger partial charge in [-0.1, -0.05) is 176 Å². The number of benzene rings is 9. The van der Waals surface area contributed by atoms with Crippen molar-refractivity contribution in [2.24, 2.45) is 0 Å². The molecule has 0 saturated heterocycles. The van der Waals surface area contributed by atoms with Crippen molar-refractivity contribution in [1.82, 2.24) is 0 Å². The van der Waals surface area contributed by atoms with Crippen LogP contribution in [0.25, 0.3) is 66.4 Å². The van der Waals surface area contributed by atoms with Gasteiger partial charge in [-0.3, -0.25) is 0 Å². The van der Waals surface area contributed by atoms with Gasteiger partial charge in [0.2, 0.25) is 0 Å². The summed E-state index contributed by atoms with van der Waals surface area (Å²) in [5.41, 5.74) is 15.3. The monoisotopic (exact) mass is 675 g/mol. The summed E-state index contributed by atoms with van der Waals surface area (Å²) in [5, 5.41) is 2.52. The van der Waals surface area contributed by atoms with E-state index in [2.05, 4.69) is 229 Å². The molecule has 1 heteroatoms. The van der Waals surface area contributed by atoms with Crippen LogP contribution in [0.2, 0.25) is 0 Å². The van der Waals surface area contributed by atoms with E-state index in [4.69, 9.17) is 0 Å². The van der Waals surface area contributed by atoms with Crippen LogP contribution >= 0.6 is 0 Å². The van der Waals surface area contributed by atoms with E-state index in [9.17, 15) is 0 Å². The van der Waals surface area contributed by atoms with Gasteiger partial charge in [-0.05, 0) is 115 Å². The fraction of sp³-hybridized carbons (Fsp3) is 0. The lowest BCUT2D eigenvalue weighted by molar-refractivity contribution is 1.28. The van der Waals surface area contributed by atoms with Crippen LogP contribution in [0.4, 0.5) is 17.1 Å². The zero-order valence-electron chi connectivity index (χ0n) is 29.3. The molecule has 0 radical (unpaired) electrons. The minimum atomic E-state index is 1.10. The Morgan fingerprint density at radius 3 is 1.26 bits per heavy atom. The Hall–Kier alpha value is -6.96. The maximum atomic E-state index is 2.36. The van der Waals surface area contributed by atoms with Gasteiger partial charge in [-0.2, -0.15) is 0 Å². The van der Waals surface area contributed by atoms with E-state index in [1.54, 1.807) is 0 Å². The van der Waals surface area contributed by atoms with Crippen LogP contribution in [0.15, 0.2) is 224 Å². The van der Waals surface area contributed by atoms with Gasteiger partial charge >= 0.3 is 0 Å². The second kappa shape index (κ2) is 14.3. The summed E-state index contributed by atoms with van der Waals surface area (Å²) in [5.74, 6) is 0. The van der Waals surface area contributed by atoms with Crippen molar-refractivity contribution >= 4 is 27.8 Å². The van der Waals surface area contributed by atoms with Gasteiger partial charge in [0, 0.05) is 17.1 Å². The molecule has 0 unspecified atom stereocenters. The molecule has 1 nitrogen and oxygen atoms in total. The fourth-order valence-corrected chi connectivity index (χ4v) is 7.36. The Morgan fingerprint density at radius 2 is 0.623 bits per heavy atom. The Kier molecular flexibility index (Phi) is 8.66. The SMILES string of the molecule is c1ccc(-c2ccc(N(c3ccc(-c4cccc(-c5ccccc5)c4)cc3)c3cccc(-c4cccc(-c5cccc6ccccc56)c4)c3)cc2)cc1. The van der Waals surface area contributed by atoms with Crippen molar-refractivity contribution in [2.45, 2.75) is 0 Å². The minimum absolute atomic E-state index is 1.10. The Balaban J connectivity index is 1.10. The molecule has 0 N–H and O–H groups in total. The molecule has 0 aliphatic carbocycles. The van der Waals surface area contributed by atoms with Crippen LogP contribution in [0.1, 0.15) is 0 Å². The average molecular weight is 676 g/mol. The minimum Gasteiger partial charge on any atom is -0.310 e. The third kappa shape index (κ3) is 6.65. The van der Waals surface area contributed by atoms with E-state index >= 15 is 0 Å². The molecule has 9 rings (SSSR count). The smallest absolute Gasteiger partial charge is 0.0467 e. The predicted molar refractivity (Wildman–Crippen MR) is 226 cm³/mol. The molecule has 0 aliphatic rings. The number of fused-ring (bicyclic) bond motifs is 1. The zero-order chi connectivity index (χ0) is 35.4. The lowest BCUT2D eigenvalue weighted by Gasteiger charge is -2.26. The molecule has 0 saturated carbocycles. The molecule has 9 aromatic rings. The molecule has 0 aliphatic heterocycles. The summed E-state index contributed by atoms with van der Waals surface area (Å²) in [4.78, 5) is 2.36. The van der Waals surface area contributed by atoms with Gasteiger partial charge in [0.15, 0.2) is 0 Å². The first-order valence-corrected chi connectivity index (χ1v) is 18.2. The molecule has 9 aromatic carbocycles. The summed E-state index contributed by atoms with van der Waals surface area (Å²) in [6.45, 7) is 0. The van der Waals surface area contributed by atoms with E-state index in [0.29, 0.717) is 0 Å². The summed E-state index contributed by atoms with van der Waals surface area (Å²) < 4.78 is 0. The van der Waals surface area contributed by atoms with Crippen LogP contribution in [-0.2, 0) is 0 Å². The summed E-state index contributed by atoms with van der Waals surface area (Å²) in [6, 6.07) is 80.8. The average Bonchev–Trinajstić information content (AvgIpc) is 3.25. The van der Waals surface area contributed by atoms with E-state index in [0.717, 1.165) is 17.1 Å². The van der Waals surface area contributed by atoms with E-state index in [-0.39, 0.29) is 0 Å². The van der Waals surface area contributed by atoms with Crippen molar-refractivity contribution in [3.8, 4) is 55.6 Å². The molecule has 0 amide bonds. The highest BCUT2D eigenvalue weighted by Gasteiger charge is 2.15. The highest BCUT2D eigenvalue weighted by atomic mass is 15.1. The highest BCUT2D eigenvalue weighted by molar-refractivity contribution is 5.97. The fourth-order valence-electron chi connectivity index (χ4n) is 7.36. The molecule has 53 heavy (non-hydrogen) atoms. The molecule has 0 aromatic heterocycles. The standard InChI is InChI=1S/C52H37N/c1-3-13-38(14-4-1)40-27-31-48(32-28-40)53(49-33-29-41(30-34-49)44-20-9-19-43(35-44)39-15-5-2-6-16-39)50-24-11-22-46(37-50)45-21-10-23-47(36-45)52-26-12-18-42-17-7-8-25-51(42)52/h1-37H. The van der Waals surface area contributed by atoms with Gasteiger partial charge in [0.25, 0.3) is 0 Å². The second-order valence-corrected chi connectivity index (χ2v) is 13.4. The third-order valence-corrected chi connectivity index (χ3v) is 10.1. The second-order valence-electron chi connectivity index (χ2n) is 13.4. The lowest BCUT2D eigenvalue weighted by Crippen LogP contribution is -2.10. The number of anilines is 3. The van der Waals surface area contributed by atoms with Crippen LogP contribution < -0.4 is 4.90 Å². The number of hydrogen-bond acceptors (Lipinski definition) is 1. The number of nitrogens with zero attached hydrogens (tertiary/aromatic N) is 1. The molecule has 0 heterocycles. The van der Waals surface area contributed by atoms with Gasteiger partial charge in [0.05, 0.1) is 0 Å². The van der Waals surface area contributed by atoms with Gasteiger partial charge < -0.3 is 4.90 Å². The molecule has 0 fully saturated rings. The van der Waals surface area contributed by atoms with Crippen LogP contribution in [0.3, 0.4) is 0 Å². The van der Waals surface area contributed by atoms with Crippen LogP contribution in [0, 0.1) is 0 Å². The van der Waals surface area contributed by atoms with Crippen LogP contribution in [0.5, 0.6) is 0 Å². The molecule has 250 valence electrons. The molecule has 0 spiro atoms. The molecule has 0 atom stereocenters. The third-order valence-electron chi connectivity index (χ3n) is 10.1. The Labute approximate surface area is 311 Å². The van der Waals surface area contributed by atoms with Crippen molar-refractivity contribution < 1.29 is 0 Å². The largest absolute Gasteiger partial charge is 0.310 e. The summed E-state index contributed by atoms with van der Waals surface area (Å²) in [7, 11) is 0. The van der Waals surface area contributed by atoms with E-state index < -0.39 is 0 Å². The quantitative estimate of drug-likeness (QED) is 0.155. The molecular formula is C52H37N. The maximum Gasteiger partial charge on any atom is 0.0467 e. The topological polar surface area (TPSA) is 3.24 Å². The number of hydrogen-bond donors (Lipinski definition) is 0. The van der Waals surface area contributed by atoms with Crippen molar-refractivity contribution in [2.75, 3.05) is 4.90 Å². The van der Waals surface area contributed by atoms with Crippen molar-refractivity contribution in [1.29, 1.82) is 0 Å². The molecule has 0 bridgehead atoms. The van der Waals surface area contributed by atoms with Crippen LogP contribution in [-0.4, -0.2) is 0 Å². The number of rotatable bonds is 8. The lowest BCUT2D eigenvalue weighted by atomic mass is 9.95. The molecular weight excluding hydrogens is 639 g/mol. The van der Waals surface area contributed by atoms with Gasteiger partial charge in [0.1, 0.15) is 0 Å². The summed E-state index contributed by atoms with van der Waals surface area (Å²) in [6.07, 6.45) is 0. The first kappa shape index (κ1) is 32.0. The highest BCUT2D eigenvalue weighted by Crippen LogP contribution is 2.39.